The second kappa shape index (κ2) is 8.71. The Balaban J connectivity index is 1.45. The first kappa shape index (κ1) is 19.0. The molecule has 0 spiro atoms. The van der Waals surface area contributed by atoms with Crippen LogP contribution in [0.15, 0.2) is 48.5 Å². The van der Waals surface area contributed by atoms with Gasteiger partial charge < -0.3 is 14.5 Å². The maximum atomic E-state index is 12.5. The summed E-state index contributed by atoms with van der Waals surface area (Å²) >= 11 is 0. The van der Waals surface area contributed by atoms with Gasteiger partial charge in [0, 0.05) is 26.2 Å². The van der Waals surface area contributed by atoms with Crippen LogP contribution in [0.2, 0.25) is 0 Å². The standard InChI is InChI=1S/C22H26N2O3/c1-17-5-3-7-19(13-17)15-21(25)23-9-11-24(12-10-23)22(26)16-27-20-8-4-6-18(2)14-20/h3-8,13-14H,9-12,15-16H2,1-2H3. The Morgan fingerprint density at radius 1 is 0.852 bits per heavy atom. The molecule has 2 aromatic rings. The zero-order chi connectivity index (χ0) is 19.2. The number of piperazine rings is 1. The average molecular weight is 366 g/mol. The summed E-state index contributed by atoms with van der Waals surface area (Å²) in [6, 6.07) is 15.7. The Morgan fingerprint density at radius 2 is 1.44 bits per heavy atom. The van der Waals surface area contributed by atoms with Gasteiger partial charge in [-0.1, -0.05) is 42.0 Å². The molecule has 0 N–H and O–H groups in total. The van der Waals surface area contributed by atoms with Crippen molar-refractivity contribution < 1.29 is 14.3 Å². The number of amides is 2. The summed E-state index contributed by atoms with van der Waals surface area (Å²) in [5.74, 6) is 0.779. The Morgan fingerprint density at radius 3 is 2.07 bits per heavy atom. The Bertz CT molecular complexity index is 811. The molecule has 5 nitrogen and oxygen atoms in total. The first-order valence-corrected chi connectivity index (χ1v) is 9.32. The molecule has 27 heavy (non-hydrogen) atoms. The van der Waals surface area contributed by atoms with Gasteiger partial charge in [-0.3, -0.25) is 9.59 Å². The fourth-order valence-electron chi connectivity index (χ4n) is 3.26. The van der Waals surface area contributed by atoms with Gasteiger partial charge in [-0.15, -0.1) is 0 Å². The van der Waals surface area contributed by atoms with Crippen molar-refractivity contribution in [2.45, 2.75) is 20.3 Å². The number of carbonyl (C=O) groups excluding carboxylic acids is 2. The topological polar surface area (TPSA) is 49.9 Å². The first-order valence-electron chi connectivity index (χ1n) is 9.32. The van der Waals surface area contributed by atoms with E-state index < -0.39 is 0 Å². The third kappa shape index (κ3) is 5.33. The van der Waals surface area contributed by atoms with Gasteiger partial charge in [0.05, 0.1) is 6.42 Å². The summed E-state index contributed by atoms with van der Waals surface area (Å²) in [7, 11) is 0. The second-order valence-corrected chi connectivity index (χ2v) is 7.03. The Kier molecular flexibility index (Phi) is 6.12. The quantitative estimate of drug-likeness (QED) is 0.817. The molecule has 1 heterocycles. The number of benzene rings is 2. The fraction of sp³-hybridized carbons (Fsp3) is 0.364. The van der Waals surface area contributed by atoms with Crippen molar-refractivity contribution in [2.24, 2.45) is 0 Å². The van der Waals surface area contributed by atoms with Gasteiger partial charge in [0.2, 0.25) is 5.91 Å². The Hall–Kier alpha value is -2.82. The number of carbonyl (C=O) groups is 2. The average Bonchev–Trinajstić information content (AvgIpc) is 2.66. The third-order valence-corrected chi connectivity index (χ3v) is 4.77. The van der Waals surface area contributed by atoms with Gasteiger partial charge in [0.15, 0.2) is 6.61 Å². The molecule has 0 radical (unpaired) electrons. The van der Waals surface area contributed by atoms with E-state index in [4.69, 9.17) is 4.74 Å². The molecule has 2 amide bonds. The normalized spacial score (nSPS) is 14.1. The summed E-state index contributed by atoms with van der Waals surface area (Å²) in [5, 5.41) is 0. The maximum Gasteiger partial charge on any atom is 0.260 e. The zero-order valence-corrected chi connectivity index (χ0v) is 16.0. The molecule has 1 aliphatic heterocycles. The molecule has 0 saturated carbocycles. The van der Waals surface area contributed by atoms with Gasteiger partial charge in [-0.2, -0.15) is 0 Å². The lowest BCUT2D eigenvalue weighted by atomic mass is 10.1. The highest BCUT2D eigenvalue weighted by atomic mass is 16.5. The van der Waals surface area contributed by atoms with Crippen LogP contribution < -0.4 is 4.74 Å². The lowest BCUT2D eigenvalue weighted by Gasteiger charge is -2.34. The van der Waals surface area contributed by atoms with Gasteiger partial charge >= 0.3 is 0 Å². The predicted molar refractivity (Wildman–Crippen MR) is 105 cm³/mol. The highest BCUT2D eigenvalue weighted by Gasteiger charge is 2.24. The molecule has 0 atom stereocenters. The summed E-state index contributed by atoms with van der Waals surface area (Å²) < 4.78 is 5.59. The van der Waals surface area contributed by atoms with Crippen LogP contribution in [0, 0.1) is 13.8 Å². The SMILES string of the molecule is Cc1cccc(CC(=O)N2CCN(C(=O)COc3cccc(C)c3)CC2)c1. The van der Waals surface area contributed by atoms with Gasteiger partial charge in [0.25, 0.3) is 5.91 Å². The number of rotatable bonds is 5. The lowest BCUT2D eigenvalue weighted by Crippen LogP contribution is -2.52. The van der Waals surface area contributed by atoms with Crippen LogP contribution in [0.5, 0.6) is 5.75 Å². The van der Waals surface area contributed by atoms with Crippen LogP contribution in [0.25, 0.3) is 0 Å². The van der Waals surface area contributed by atoms with Gasteiger partial charge in [-0.05, 0) is 37.1 Å². The van der Waals surface area contributed by atoms with E-state index in [1.165, 1.54) is 0 Å². The van der Waals surface area contributed by atoms with Crippen LogP contribution in [-0.2, 0) is 16.0 Å². The number of hydrogen-bond donors (Lipinski definition) is 0. The van der Waals surface area contributed by atoms with Gasteiger partial charge in [0.1, 0.15) is 5.75 Å². The summed E-state index contributed by atoms with van der Waals surface area (Å²) in [6.07, 6.45) is 0.409. The number of nitrogens with zero attached hydrogens (tertiary/aromatic N) is 2. The highest BCUT2D eigenvalue weighted by molar-refractivity contribution is 5.80. The van der Waals surface area contributed by atoms with E-state index >= 15 is 0 Å². The second-order valence-electron chi connectivity index (χ2n) is 7.03. The van der Waals surface area contributed by atoms with E-state index in [9.17, 15) is 9.59 Å². The minimum atomic E-state index is -0.0395. The maximum absolute atomic E-state index is 12.5. The van der Waals surface area contributed by atoms with Crippen molar-refractivity contribution in [1.82, 2.24) is 9.80 Å². The zero-order valence-electron chi connectivity index (χ0n) is 16.0. The largest absolute Gasteiger partial charge is 0.484 e. The smallest absolute Gasteiger partial charge is 0.260 e. The van der Waals surface area contributed by atoms with Crippen molar-refractivity contribution in [3.8, 4) is 5.75 Å². The molecular formula is C22H26N2O3. The van der Waals surface area contributed by atoms with E-state index in [2.05, 4.69) is 0 Å². The van der Waals surface area contributed by atoms with Crippen molar-refractivity contribution in [1.29, 1.82) is 0 Å². The lowest BCUT2D eigenvalue weighted by molar-refractivity contribution is -0.140. The molecular weight excluding hydrogens is 340 g/mol. The van der Waals surface area contributed by atoms with Crippen LogP contribution in [0.3, 0.4) is 0 Å². The van der Waals surface area contributed by atoms with Crippen molar-refractivity contribution in [3.63, 3.8) is 0 Å². The van der Waals surface area contributed by atoms with Crippen molar-refractivity contribution in [3.05, 3.63) is 65.2 Å². The van der Waals surface area contributed by atoms with Crippen LogP contribution in [0.1, 0.15) is 16.7 Å². The highest BCUT2D eigenvalue weighted by Crippen LogP contribution is 2.13. The van der Waals surface area contributed by atoms with Gasteiger partial charge in [-0.25, -0.2) is 0 Å². The summed E-state index contributed by atoms with van der Waals surface area (Å²) in [6.45, 7) is 6.28. The van der Waals surface area contributed by atoms with Crippen molar-refractivity contribution in [2.75, 3.05) is 32.8 Å². The molecule has 0 aliphatic carbocycles. The molecule has 5 heteroatoms. The molecule has 0 unspecified atom stereocenters. The first-order chi connectivity index (χ1) is 13.0. The number of hydrogen-bond acceptors (Lipinski definition) is 3. The minimum absolute atomic E-state index is 0.0285. The monoisotopic (exact) mass is 366 g/mol. The minimum Gasteiger partial charge on any atom is -0.484 e. The van der Waals surface area contributed by atoms with E-state index in [0.717, 1.165) is 16.7 Å². The van der Waals surface area contributed by atoms with E-state index in [1.54, 1.807) is 4.90 Å². The summed E-state index contributed by atoms with van der Waals surface area (Å²) in [5.41, 5.74) is 3.29. The predicted octanol–water partition coefficient (Wildman–Crippen LogP) is 2.60. The van der Waals surface area contributed by atoms with Crippen LogP contribution in [0.4, 0.5) is 0 Å². The molecule has 1 aliphatic rings. The van der Waals surface area contributed by atoms with Crippen LogP contribution in [-0.4, -0.2) is 54.4 Å². The molecule has 142 valence electrons. The molecule has 1 fully saturated rings. The number of ether oxygens (including phenoxy) is 1. The molecule has 2 aromatic carbocycles. The molecule has 3 rings (SSSR count). The summed E-state index contributed by atoms with van der Waals surface area (Å²) in [4.78, 5) is 28.5. The molecule has 0 aromatic heterocycles. The van der Waals surface area contributed by atoms with E-state index in [0.29, 0.717) is 38.3 Å². The fourth-order valence-corrected chi connectivity index (χ4v) is 3.26. The van der Waals surface area contributed by atoms with E-state index in [-0.39, 0.29) is 18.4 Å². The van der Waals surface area contributed by atoms with E-state index in [1.807, 2.05) is 67.3 Å². The Labute approximate surface area is 160 Å². The number of aryl methyl sites for hydroxylation is 2. The third-order valence-electron chi connectivity index (χ3n) is 4.77. The molecule has 1 saturated heterocycles. The van der Waals surface area contributed by atoms with Crippen molar-refractivity contribution >= 4 is 11.8 Å². The van der Waals surface area contributed by atoms with Crippen LogP contribution >= 0.6 is 0 Å². The molecule has 0 bridgehead atoms.